The van der Waals surface area contributed by atoms with Crippen LogP contribution in [0.1, 0.15) is 39.0 Å². The third-order valence-corrected chi connectivity index (χ3v) is 3.27. The van der Waals surface area contributed by atoms with Crippen molar-refractivity contribution in [3.63, 3.8) is 0 Å². The molecule has 0 unspecified atom stereocenters. The molecule has 7 nitrogen and oxygen atoms in total. The minimum atomic E-state index is -0.140. The molecule has 0 aliphatic heterocycles. The van der Waals surface area contributed by atoms with Crippen molar-refractivity contribution in [1.29, 1.82) is 0 Å². The average Bonchev–Trinajstić information content (AvgIpc) is 2.62. The Labute approximate surface area is 152 Å². The van der Waals surface area contributed by atoms with Crippen LogP contribution in [0.4, 0.5) is 0 Å². The third kappa shape index (κ3) is 21.2. The van der Waals surface area contributed by atoms with Gasteiger partial charge in [-0.15, -0.1) is 0 Å². The lowest BCUT2D eigenvalue weighted by Crippen LogP contribution is -2.14. The Hall–Kier alpha value is -0.730. The smallest absolute Gasteiger partial charge is 0.305 e. The van der Waals surface area contributed by atoms with Gasteiger partial charge in [0.2, 0.25) is 0 Å². The number of hydrogen-bond acceptors (Lipinski definition) is 7. The Balaban J connectivity index is 3.08. The van der Waals surface area contributed by atoms with E-state index in [9.17, 15) is 4.79 Å². The molecule has 0 aliphatic rings. The Bertz CT molecular complexity index is 274. The van der Waals surface area contributed by atoms with Crippen LogP contribution >= 0.6 is 0 Å². The maximum absolute atomic E-state index is 11.4. The summed E-state index contributed by atoms with van der Waals surface area (Å²) in [6.07, 6.45) is 4.83. The average molecular weight is 364 g/mol. The molecule has 150 valence electrons. The monoisotopic (exact) mass is 364 g/mol. The molecule has 0 aromatic heterocycles. The van der Waals surface area contributed by atoms with Gasteiger partial charge in [0, 0.05) is 13.5 Å². The Morgan fingerprint density at radius 3 is 1.60 bits per heavy atom. The van der Waals surface area contributed by atoms with Crippen LogP contribution in [-0.4, -0.2) is 79.1 Å². The van der Waals surface area contributed by atoms with Crippen molar-refractivity contribution in [2.45, 2.75) is 39.0 Å². The molecule has 0 atom stereocenters. The van der Waals surface area contributed by atoms with Gasteiger partial charge in [-0.05, 0) is 6.42 Å². The van der Waals surface area contributed by atoms with Gasteiger partial charge in [0.1, 0.15) is 6.61 Å². The topological polar surface area (TPSA) is 72.5 Å². The summed E-state index contributed by atoms with van der Waals surface area (Å²) in [5.74, 6) is -0.140. The predicted octanol–water partition coefficient (Wildman–Crippen LogP) is 2.21. The number of carbonyl (C=O) groups is 1. The molecule has 0 saturated carbocycles. The first-order valence-electron chi connectivity index (χ1n) is 9.26. The summed E-state index contributed by atoms with van der Waals surface area (Å²) < 4.78 is 31.2. The minimum Gasteiger partial charge on any atom is -0.463 e. The van der Waals surface area contributed by atoms with Crippen LogP contribution in [-0.2, 0) is 33.2 Å². The molecule has 0 heterocycles. The van der Waals surface area contributed by atoms with E-state index in [-0.39, 0.29) is 5.97 Å². The molecule has 25 heavy (non-hydrogen) atoms. The van der Waals surface area contributed by atoms with Crippen molar-refractivity contribution in [1.82, 2.24) is 0 Å². The fourth-order valence-corrected chi connectivity index (χ4v) is 1.89. The van der Waals surface area contributed by atoms with E-state index in [0.29, 0.717) is 72.5 Å². The highest BCUT2D eigenvalue weighted by atomic mass is 16.6. The van der Waals surface area contributed by atoms with Crippen molar-refractivity contribution in [3.8, 4) is 0 Å². The Kier molecular flexibility index (Phi) is 20.7. The fourth-order valence-electron chi connectivity index (χ4n) is 1.89. The second-order valence-corrected chi connectivity index (χ2v) is 5.47. The van der Waals surface area contributed by atoms with Gasteiger partial charge in [0.25, 0.3) is 0 Å². The third-order valence-electron chi connectivity index (χ3n) is 3.27. The van der Waals surface area contributed by atoms with Crippen molar-refractivity contribution in [2.24, 2.45) is 0 Å². The summed E-state index contributed by atoms with van der Waals surface area (Å²) in [5.41, 5.74) is 0. The fraction of sp³-hybridized carbons (Fsp3) is 0.944. The van der Waals surface area contributed by atoms with E-state index >= 15 is 0 Å². The molecule has 0 aromatic carbocycles. The standard InChI is InChI=1S/C18H36O7/c1-3-4-5-6-7-18(19)25-17-16-24-15-14-23-13-12-22-11-10-21-9-8-20-2/h3-17H2,1-2H3. The SMILES string of the molecule is CCCCCCC(=O)OCCOCCOCCOCCOCCOC. The lowest BCUT2D eigenvalue weighted by molar-refractivity contribution is -0.145. The van der Waals surface area contributed by atoms with Crippen molar-refractivity contribution in [3.05, 3.63) is 0 Å². The van der Waals surface area contributed by atoms with Gasteiger partial charge in [-0.3, -0.25) is 4.79 Å². The molecule has 7 heteroatoms. The van der Waals surface area contributed by atoms with E-state index in [1.807, 2.05) is 0 Å². The quantitative estimate of drug-likeness (QED) is 0.242. The molecule has 0 bridgehead atoms. The summed E-state index contributed by atoms with van der Waals surface area (Å²) in [4.78, 5) is 11.4. The lowest BCUT2D eigenvalue weighted by Gasteiger charge is -2.08. The Morgan fingerprint density at radius 2 is 1.12 bits per heavy atom. The molecule has 0 saturated heterocycles. The van der Waals surface area contributed by atoms with Crippen molar-refractivity contribution >= 4 is 5.97 Å². The number of hydrogen-bond donors (Lipinski definition) is 0. The summed E-state index contributed by atoms with van der Waals surface area (Å²) in [6.45, 7) is 7.18. The van der Waals surface area contributed by atoms with Crippen molar-refractivity contribution in [2.75, 3.05) is 73.2 Å². The first-order valence-corrected chi connectivity index (χ1v) is 9.26. The molecule has 0 aromatic rings. The number of unbranched alkanes of at least 4 members (excludes halogenated alkanes) is 3. The van der Waals surface area contributed by atoms with Crippen LogP contribution in [0.3, 0.4) is 0 Å². The van der Waals surface area contributed by atoms with Crippen LogP contribution in [0.25, 0.3) is 0 Å². The molecule has 0 amide bonds. The molecule has 0 rings (SSSR count). The highest BCUT2D eigenvalue weighted by molar-refractivity contribution is 5.69. The Morgan fingerprint density at radius 1 is 0.640 bits per heavy atom. The molecule has 0 spiro atoms. The zero-order valence-corrected chi connectivity index (χ0v) is 16.0. The van der Waals surface area contributed by atoms with Crippen LogP contribution in [0, 0.1) is 0 Å². The maximum Gasteiger partial charge on any atom is 0.305 e. The first kappa shape index (κ1) is 24.3. The van der Waals surface area contributed by atoms with Crippen LogP contribution in [0.2, 0.25) is 0 Å². The van der Waals surface area contributed by atoms with E-state index < -0.39 is 0 Å². The number of esters is 1. The zero-order chi connectivity index (χ0) is 18.4. The summed E-state index contributed by atoms with van der Waals surface area (Å²) in [7, 11) is 1.64. The number of methoxy groups -OCH3 is 1. The summed E-state index contributed by atoms with van der Waals surface area (Å²) in [5, 5.41) is 0. The van der Waals surface area contributed by atoms with Crippen LogP contribution < -0.4 is 0 Å². The molecular weight excluding hydrogens is 328 g/mol. The van der Waals surface area contributed by atoms with Gasteiger partial charge in [0.15, 0.2) is 0 Å². The second kappa shape index (κ2) is 21.3. The molecule has 0 N–H and O–H groups in total. The zero-order valence-electron chi connectivity index (χ0n) is 16.0. The number of carbonyl (C=O) groups excluding carboxylic acids is 1. The van der Waals surface area contributed by atoms with Gasteiger partial charge in [-0.2, -0.15) is 0 Å². The predicted molar refractivity (Wildman–Crippen MR) is 94.9 cm³/mol. The van der Waals surface area contributed by atoms with Gasteiger partial charge >= 0.3 is 5.97 Å². The molecule has 0 fully saturated rings. The van der Waals surface area contributed by atoms with Gasteiger partial charge in [-0.25, -0.2) is 0 Å². The first-order chi connectivity index (χ1) is 12.3. The van der Waals surface area contributed by atoms with Crippen LogP contribution in [0.15, 0.2) is 0 Å². The minimum absolute atomic E-state index is 0.140. The van der Waals surface area contributed by atoms with E-state index in [1.54, 1.807) is 7.11 Å². The normalized spacial score (nSPS) is 11.0. The van der Waals surface area contributed by atoms with E-state index in [1.165, 1.54) is 12.8 Å². The van der Waals surface area contributed by atoms with Crippen LogP contribution in [0.5, 0.6) is 0 Å². The largest absolute Gasteiger partial charge is 0.463 e. The van der Waals surface area contributed by atoms with Gasteiger partial charge < -0.3 is 28.4 Å². The van der Waals surface area contributed by atoms with E-state index in [4.69, 9.17) is 28.4 Å². The molecule has 0 aliphatic carbocycles. The molecule has 0 radical (unpaired) electrons. The summed E-state index contributed by atoms with van der Waals surface area (Å²) >= 11 is 0. The highest BCUT2D eigenvalue weighted by Crippen LogP contribution is 2.03. The van der Waals surface area contributed by atoms with Crippen molar-refractivity contribution < 1.29 is 33.2 Å². The van der Waals surface area contributed by atoms with Gasteiger partial charge in [-0.1, -0.05) is 26.2 Å². The van der Waals surface area contributed by atoms with E-state index in [2.05, 4.69) is 6.92 Å². The van der Waals surface area contributed by atoms with Gasteiger partial charge in [0.05, 0.1) is 59.5 Å². The summed E-state index contributed by atoms with van der Waals surface area (Å²) in [6, 6.07) is 0. The maximum atomic E-state index is 11.4. The lowest BCUT2D eigenvalue weighted by atomic mass is 10.2. The number of ether oxygens (including phenoxy) is 6. The highest BCUT2D eigenvalue weighted by Gasteiger charge is 2.02. The molecular formula is C18H36O7. The van der Waals surface area contributed by atoms with E-state index in [0.717, 1.165) is 12.8 Å². The number of rotatable bonds is 20. The second-order valence-electron chi connectivity index (χ2n) is 5.47.